The van der Waals surface area contributed by atoms with Crippen LogP contribution < -0.4 is 24.0 Å². The van der Waals surface area contributed by atoms with Crippen molar-refractivity contribution in [2.45, 2.75) is 108 Å². The summed E-state index contributed by atoms with van der Waals surface area (Å²) in [5.74, 6) is -1.70. The van der Waals surface area contributed by atoms with Crippen molar-refractivity contribution in [3.8, 4) is 28.8 Å². The SMILES string of the molecule is COc1ccc(CN(Cc2ccc(OC)cc2)c2nc(-c3c(Cl)cc4c(N5C[C@H]6CC[C@@H](C5)N6C(=O)OC(C)(C)C)nc(OC[C@@]56CCCN5C[C@H](F)C6)nc4c3F)c(C(F)(F)F)c(C)c2F)cc1. The highest BCUT2D eigenvalue weighted by Crippen LogP contribution is 2.47. The first-order valence-corrected chi connectivity index (χ1v) is 23.4. The van der Waals surface area contributed by atoms with E-state index < -0.39 is 80.0 Å². The highest BCUT2D eigenvalue weighted by atomic mass is 35.5. The third-order valence-corrected chi connectivity index (χ3v) is 14.0. The molecular weight excluding hydrogens is 928 g/mol. The van der Waals surface area contributed by atoms with E-state index in [2.05, 4.69) is 9.97 Å². The molecule has 6 heterocycles. The van der Waals surface area contributed by atoms with Crippen molar-refractivity contribution in [3.63, 3.8) is 0 Å². The number of anilines is 2. The van der Waals surface area contributed by atoms with Gasteiger partial charge in [-0.1, -0.05) is 35.9 Å². The van der Waals surface area contributed by atoms with E-state index >= 15 is 22.0 Å². The molecule has 4 saturated heterocycles. The lowest BCUT2D eigenvalue weighted by Crippen LogP contribution is -2.57. The van der Waals surface area contributed by atoms with Crippen molar-refractivity contribution in [3.05, 3.63) is 93.5 Å². The first-order chi connectivity index (χ1) is 32.8. The molecule has 9 rings (SSSR count). The maximum Gasteiger partial charge on any atom is 0.418 e. The Kier molecular flexibility index (Phi) is 13.0. The second-order valence-electron chi connectivity index (χ2n) is 19.5. The maximum absolute atomic E-state index is 17.9. The van der Waals surface area contributed by atoms with Crippen LogP contribution in [0.1, 0.15) is 75.1 Å². The summed E-state index contributed by atoms with van der Waals surface area (Å²) in [5.41, 5.74) is -4.52. The molecule has 0 spiro atoms. The lowest BCUT2D eigenvalue weighted by molar-refractivity contribution is -0.137. The lowest BCUT2D eigenvalue weighted by Gasteiger charge is -2.42. The summed E-state index contributed by atoms with van der Waals surface area (Å²) in [6, 6.07) is 14.2. The number of ether oxygens (including phenoxy) is 4. The van der Waals surface area contributed by atoms with Crippen LogP contribution in [0.25, 0.3) is 22.2 Å². The van der Waals surface area contributed by atoms with E-state index in [0.29, 0.717) is 48.4 Å². The quantitative estimate of drug-likeness (QED) is 0.112. The Balaban J connectivity index is 1.18. The number of benzene rings is 3. The molecule has 5 aromatic rings. The molecule has 4 aliphatic heterocycles. The van der Waals surface area contributed by atoms with Gasteiger partial charge in [0.05, 0.1) is 53.7 Å². The van der Waals surface area contributed by atoms with Crippen LogP contribution in [0.4, 0.5) is 42.8 Å². The van der Waals surface area contributed by atoms with Gasteiger partial charge in [-0.15, -0.1) is 0 Å². The minimum absolute atomic E-state index is 0.0172. The number of aromatic nitrogens is 3. The topological polar surface area (TPSA) is 106 Å². The predicted molar refractivity (Wildman–Crippen MR) is 249 cm³/mol. The van der Waals surface area contributed by atoms with Gasteiger partial charge in [-0.05, 0) is 101 Å². The van der Waals surface area contributed by atoms with Crippen molar-refractivity contribution in [2.24, 2.45) is 0 Å². The first-order valence-electron chi connectivity index (χ1n) is 23.0. The van der Waals surface area contributed by atoms with Crippen LogP contribution in [0.3, 0.4) is 0 Å². The molecule has 2 bridgehead atoms. The fraction of sp³-hybridized carbons (Fsp3) is 0.480. The zero-order valence-electron chi connectivity index (χ0n) is 39.2. The number of hydrogen-bond acceptors (Lipinski definition) is 11. The van der Waals surface area contributed by atoms with Crippen LogP contribution in [0.15, 0.2) is 54.6 Å². The molecule has 3 aromatic carbocycles. The molecule has 0 N–H and O–H groups in total. The number of hydrogen-bond donors (Lipinski definition) is 0. The van der Waals surface area contributed by atoms with Crippen LogP contribution in [-0.2, 0) is 24.0 Å². The maximum atomic E-state index is 17.9. The van der Waals surface area contributed by atoms with Crippen molar-refractivity contribution in [1.82, 2.24) is 24.8 Å². The highest BCUT2D eigenvalue weighted by molar-refractivity contribution is 6.34. The van der Waals surface area contributed by atoms with Crippen LogP contribution in [0, 0.1) is 18.6 Å². The molecule has 4 aliphatic rings. The number of rotatable bonds is 12. The fourth-order valence-electron chi connectivity index (χ4n) is 10.5. The fourth-order valence-corrected chi connectivity index (χ4v) is 10.8. The number of fused-ring (bicyclic) bond motifs is 4. The molecule has 2 aromatic heterocycles. The van der Waals surface area contributed by atoms with Gasteiger partial charge in [-0.2, -0.15) is 23.1 Å². The summed E-state index contributed by atoms with van der Waals surface area (Å²) in [7, 11) is 3.02. The largest absolute Gasteiger partial charge is 0.497 e. The van der Waals surface area contributed by atoms with Gasteiger partial charge in [0.1, 0.15) is 41.2 Å². The molecule has 1 amide bonds. The predicted octanol–water partition coefficient (Wildman–Crippen LogP) is 10.7. The molecule has 4 fully saturated rings. The molecule has 4 atom stereocenters. The van der Waals surface area contributed by atoms with E-state index in [1.54, 1.807) is 74.2 Å². The van der Waals surface area contributed by atoms with Gasteiger partial charge in [0.2, 0.25) is 0 Å². The number of carbonyl (C=O) groups excluding carboxylic acids is 1. The minimum Gasteiger partial charge on any atom is -0.497 e. The Morgan fingerprint density at radius 3 is 2.06 bits per heavy atom. The van der Waals surface area contributed by atoms with E-state index in [1.165, 1.54) is 25.2 Å². The van der Waals surface area contributed by atoms with Gasteiger partial charge in [-0.3, -0.25) is 9.80 Å². The molecule has 0 saturated carbocycles. The molecule has 0 radical (unpaired) electrons. The van der Waals surface area contributed by atoms with Gasteiger partial charge in [0.15, 0.2) is 17.5 Å². The molecular formula is C50H54ClF6N7O5. The Hall–Kier alpha value is -5.75. The number of piperazine rings is 1. The van der Waals surface area contributed by atoms with Gasteiger partial charge in [-0.25, -0.2) is 22.9 Å². The molecule has 0 unspecified atom stereocenters. The summed E-state index contributed by atoms with van der Waals surface area (Å²) in [5, 5.41) is -0.390. The molecule has 19 heteroatoms. The van der Waals surface area contributed by atoms with E-state index in [-0.39, 0.29) is 75.0 Å². The monoisotopic (exact) mass is 981 g/mol. The summed E-state index contributed by atoms with van der Waals surface area (Å²) in [4.78, 5) is 34.2. The van der Waals surface area contributed by atoms with E-state index in [1.807, 2.05) is 9.80 Å². The van der Waals surface area contributed by atoms with Crippen molar-refractivity contribution < 1.29 is 50.1 Å². The number of pyridine rings is 1. The Morgan fingerprint density at radius 2 is 1.49 bits per heavy atom. The molecule has 12 nitrogen and oxygen atoms in total. The summed E-state index contributed by atoms with van der Waals surface area (Å²) < 4.78 is 118. The van der Waals surface area contributed by atoms with Crippen LogP contribution in [-0.4, -0.2) is 107 Å². The average molecular weight is 982 g/mol. The van der Waals surface area contributed by atoms with E-state index in [0.717, 1.165) is 13.3 Å². The third kappa shape index (κ3) is 9.50. The van der Waals surface area contributed by atoms with Crippen molar-refractivity contribution in [2.75, 3.05) is 56.8 Å². The van der Waals surface area contributed by atoms with Gasteiger partial charge >= 0.3 is 18.3 Å². The van der Waals surface area contributed by atoms with Crippen LogP contribution in [0.5, 0.6) is 17.5 Å². The second-order valence-corrected chi connectivity index (χ2v) is 19.9. The number of carbonyl (C=O) groups is 1. The average Bonchev–Trinajstić information content (AvgIpc) is 3.92. The standard InChI is InChI=1S/C50H54ClF6N7O5/c1-28-39(50(55,56)57)43(58-45(40(28)53)61(22-29-8-14-34(66-5)15-9-29)23-30-10-16-35(67-6)17-11-30)38-37(51)20-36-42(41(38)54)59-46(68-27-49-18-7-19-63(49)24-31(52)21-49)60-44(36)62-25-32-12-13-33(26-62)64(32)47(65)69-48(2,3)4/h8-11,14-17,20,31-33H,7,12-13,18-19,21-27H2,1-6H3/t31-,32-,33+,49+/m1/s1. The van der Waals surface area contributed by atoms with Crippen molar-refractivity contribution in [1.29, 1.82) is 0 Å². The minimum atomic E-state index is -5.23. The highest BCUT2D eigenvalue weighted by Gasteiger charge is 2.50. The summed E-state index contributed by atoms with van der Waals surface area (Å²) >= 11 is 6.98. The Labute approximate surface area is 401 Å². The Morgan fingerprint density at radius 1 is 0.884 bits per heavy atom. The third-order valence-electron chi connectivity index (χ3n) is 13.7. The van der Waals surface area contributed by atoms with Crippen LogP contribution >= 0.6 is 11.6 Å². The summed E-state index contributed by atoms with van der Waals surface area (Å²) in [6.07, 6.45) is -3.74. The molecule has 368 valence electrons. The zero-order valence-corrected chi connectivity index (χ0v) is 40.0. The van der Waals surface area contributed by atoms with E-state index in [4.69, 9.17) is 35.5 Å². The van der Waals surface area contributed by atoms with Crippen molar-refractivity contribution >= 4 is 40.2 Å². The number of methoxy groups -OCH3 is 2. The number of nitrogens with zero attached hydrogens (tertiary/aromatic N) is 7. The normalized spacial score (nSPS) is 21.5. The Bertz CT molecular complexity index is 2680. The van der Waals surface area contributed by atoms with Crippen LogP contribution in [0.2, 0.25) is 5.02 Å². The van der Waals surface area contributed by atoms with E-state index in [9.17, 15) is 9.18 Å². The zero-order chi connectivity index (χ0) is 49.2. The molecule has 69 heavy (non-hydrogen) atoms. The first kappa shape index (κ1) is 48.3. The molecule has 0 aliphatic carbocycles. The number of halogens is 7. The van der Waals surface area contributed by atoms with Gasteiger partial charge in [0, 0.05) is 50.1 Å². The summed E-state index contributed by atoms with van der Waals surface area (Å²) in [6.45, 7) is 7.71. The smallest absolute Gasteiger partial charge is 0.418 e. The van der Waals surface area contributed by atoms with Gasteiger partial charge in [0.25, 0.3) is 0 Å². The van der Waals surface area contributed by atoms with Gasteiger partial charge < -0.3 is 28.7 Å². The second kappa shape index (κ2) is 18.5. The lowest BCUT2D eigenvalue weighted by atomic mass is 9.95. The number of alkyl halides is 4. The number of amides is 1.